The molecule has 3 aromatic rings. The fraction of sp³-hybridized carbons (Fsp3) is 0.440. The summed E-state index contributed by atoms with van der Waals surface area (Å²) in [7, 11) is 0. The zero-order valence-electron chi connectivity index (χ0n) is 17.8. The van der Waals surface area contributed by atoms with E-state index in [0.717, 1.165) is 31.5 Å². The van der Waals surface area contributed by atoms with Gasteiger partial charge in [0.2, 0.25) is 0 Å². The van der Waals surface area contributed by atoms with Gasteiger partial charge in [0.15, 0.2) is 11.5 Å². The molecule has 0 bridgehead atoms. The maximum atomic E-state index is 12.8. The first-order chi connectivity index (χ1) is 15.3. The lowest BCUT2D eigenvalue weighted by Crippen LogP contribution is -2.40. The van der Waals surface area contributed by atoms with Crippen LogP contribution in [0.4, 0.5) is 0 Å². The maximum absolute atomic E-state index is 12.8. The van der Waals surface area contributed by atoms with Crippen molar-refractivity contribution in [1.29, 1.82) is 0 Å². The summed E-state index contributed by atoms with van der Waals surface area (Å²) in [6.45, 7) is 2.76. The number of rotatable bonds is 6. The van der Waals surface area contributed by atoms with Crippen LogP contribution in [0.3, 0.4) is 0 Å². The van der Waals surface area contributed by atoms with Crippen molar-refractivity contribution in [2.75, 3.05) is 19.6 Å². The van der Waals surface area contributed by atoms with E-state index in [4.69, 9.17) is 4.52 Å². The predicted molar refractivity (Wildman–Crippen MR) is 123 cm³/mol. The van der Waals surface area contributed by atoms with Crippen molar-refractivity contribution in [3.63, 3.8) is 0 Å². The minimum Gasteiger partial charge on any atom is -0.355 e. The summed E-state index contributed by atoms with van der Waals surface area (Å²) in [5.74, 6) is 0.482. The molecule has 5 rings (SSSR count). The molecule has 0 radical (unpaired) electrons. The van der Waals surface area contributed by atoms with Crippen molar-refractivity contribution in [2.24, 2.45) is 0 Å². The third-order valence-electron chi connectivity index (χ3n) is 6.53. The van der Waals surface area contributed by atoms with Crippen LogP contribution in [0.25, 0.3) is 11.3 Å². The first-order valence-electron chi connectivity index (χ1n) is 11.4. The SMILES string of the molecule is O=C(NC[C@@H](c1cccs1)N1CCCCC1)c1cc(-c2ccc3c(c2)CCCC3)on1. The largest absolute Gasteiger partial charge is 0.355 e. The standard InChI is InChI=1S/C25H29N3O2S/c29-25(26-17-22(24-9-6-14-31-24)28-12-4-1-5-13-28)21-16-23(30-27-21)20-11-10-18-7-2-3-8-19(18)15-20/h6,9-11,14-16,22H,1-5,7-8,12-13,17H2,(H,26,29)/t22-/m0/s1. The molecule has 1 aromatic carbocycles. The first-order valence-corrected chi connectivity index (χ1v) is 12.3. The Morgan fingerprint density at radius 1 is 1.06 bits per heavy atom. The molecule has 162 valence electrons. The summed E-state index contributed by atoms with van der Waals surface area (Å²) in [6.07, 6.45) is 8.52. The van der Waals surface area contributed by atoms with E-state index < -0.39 is 0 Å². The predicted octanol–water partition coefficient (Wildman–Crippen LogP) is 5.24. The van der Waals surface area contributed by atoms with E-state index in [1.807, 2.05) is 0 Å². The van der Waals surface area contributed by atoms with Gasteiger partial charge in [-0.15, -0.1) is 11.3 Å². The Hall–Kier alpha value is -2.44. The van der Waals surface area contributed by atoms with Crippen LogP contribution in [0.15, 0.2) is 46.3 Å². The Morgan fingerprint density at radius 3 is 2.71 bits per heavy atom. The molecule has 31 heavy (non-hydrogen) atoms. The van der Waals surface area contributed by atoms with Crippen LogP contribution < -0.4 is 5.32 Å². The third-order valence-corrected chi connectivity index (χ3v) is 7.51. The van der Waals surface area contributed by atoms with Gasteiger partial charge in [-0.25, -0.2) is 0 Å². The molecule has 1 atom stereocenters. The highest BCUT2D eigenvalue weighted by molar-refractivity contribution is 7.10. The van der Waals surface area contributed by atoms with Crippen LogP contribution in [0, 0.1) is 0 Å². The van der Waals surface area contributed by atoms with Crippen LogP contribution in [-0.4, -0.2) is 35.6 Å². The zero-order valence-corrected chi connectivity index (χ0v) is 18.6. The molecular weight excluding hydrogens is 406 g/mol. The molecule has 0 unspecified atom stereocenters. The van der Waals surface area contributed by atoms with Crippen molar-refractivity contribution in [3.8, 4) is 11.3 Å². The highest BCUT2D eigenvalue weighted by Gasteiger charge is 2.24. The quantitative estimate of drug-likeness (QED) is 0.575. The topological polar surface area (TPSA) is 58.4 Å². The number of thiophene rings is 1. The zero-order chi connectivity index (χ0) is 21.0. The Morgan fingerprint density at radius 2 is 1.90 bits per heavy atom. The molecule has 2 aliphatic rings. The van der Waals surface area contributed by atoms with Crippen LogP contribution >= 0.6 is 11.3 Å². The number of nitrogens with one attached hydrogen (secondary N) is 1. The summed E-state index contributed by atoms with van der Waals surface area (Å²) >= 11 is 1.76. The molecule has 3 heterocycles. The molecule has 1 amide bonds. The smallest absolute Gasteiger partial charge is 0.273 e. The average Bonchev–Trinajstić information content (AvgIpc) is 3.52. The van der Waals surface area contributed by atoms with Gasteiger partial charge in [-0.2, -0.15) is 0 Å². The van der Waals surface area contributed by atoms with Gasteiger partial charge in [-0.1, -0.05) is 29.8 Å². The number of amides is 1. The van der Waals surface area contributed by atoms with Crippen LogP contribution in [0.1, 0.15) is 64.6 Å². The Labute approximate surface area is 187 Å². The number of piperidine rings is 1. The van der Waals surface area contributed by atoms with E-state index in [9.17, 15) is 4.79 Å². The normalized spacial score (nSPS) is 17.8. The summed E-state index contributed by atoms with van der Waals surface area (Å²) in [4.78, 5) is 16.6. The second-order valence-corrected chi connectivity index (χ2v) is 9.58. The van der Waals surface area contributed by atoms with E-state index in [2.05, 4.69) is 51.1 Å². The molecule has 1 aliphatic heterocycles. The molecule has 1 aliphatic carbocycles. The van der Waals surface area contributed by atoms with Crippen molar-refractivity contribution in [3.05, 3.63) is 63.5 Å². The van der Waals surface area contributed by atoms with Crippen LogP contribution in [0.5, 0.6) is 0 Å². The van der Waals surface area contributed by atoms with E-state index in [0.29, 0.717) is 18.0 Å². The number of likely N-dealkylation sites (tertiary alicyclic amines) is 1. The monoisotopic (exact) mass is 435 g/mol. The molecule has 1 N–H and O–H groups in total. The minimum absolute atomic E-state index is 0.175. The number of nitrogens with zero attached hydrogens (tertiary/aromatic N) is 2. The van der Waals surface area contributed by atoms with Gasteiger partial charge in [-0.3, -0.25) is 9.69 Å². The summed E-state index contributed by atoms with van der Waals surface area (Å²) in [5.41, 5.74) is 4.17. The minimum atomic E-state index is -0.175. The molecule has 1 saturated heterocycles. The fourth-order valence-corrected chi connectivity index (χ4v) is 5.67. The molecule has 0 saturated carbocycles. The van der Waals surface area contributed by atoms with Gasteiger partial charge in [0, 0.05) is 23.1 Å². The lowest BCUT2D eigenvalue weighted by atomic mass is 9.90. The van der Waals surface area contributed by atoms with Crippen LogP contribution in [-0.2, 0) is 12.8 Å². The number of aromatic nitrogens is 1. The lowest BCUT2D eigenvalue weighted by Gasteiger charge is -2.34. The second kappa shape index (κ2) is 9.37. The van der Waals surface area contributed by atoms with Gasteiger partial charge in [0.1, 0.15) is 0 Å². The molecule has 5 nitrogen and oxygen atoms in total. The molecular formula is C25H29N3O2S. The number of hydrogen-bond donors (Lipinski definition) is 1. The number of carbonyl (C=O) groups is 1. The highest BCUT2D eigenvalue weighted by Crippen LogP contribution is 2.29. The van der Waals surface area contributed by atoms with Crippen molar-refractivity contribution in [1.82, 2.24) is 15.4 Å². The van der Waals surface area contributed by atoms with Crippen LogP contribution in [0.2, 0.25) is 0 Å². The van der Waals surface area contributed by atoms with E-state index in [1.165, 1.54) is 48.1 Å². The third kappa shape index (κ3) is 4.60. The van der Waals surface area contributed by atoms with Gasteiger partial charge in [0.25, 0.3) is 5.91 Å². The molecule has 6 heteroatoms. The Kier molecular flexibility index (Phi) is 6.18. The Bertz CT molecular complexity index is 1020. The van der Waals surface area contributed by atoms with E-state index in [-0.39, 0.29) is 11.9 Å². The number of benzene rings is 1. The second-order valence-electron chi connectivity index (χ2n) is 8.60. The summed E-state index contributed by atoms with van der Waals surface area (Å²) in [6, 6.07) is 12.7. The lowest BCUT2D eigenvalue weighted by molar-refractivity contribution is 0.0917. The van der Waals surface area contributed by atoms with Crippen molar-refractivity contribution in [2.45, 2.75) is 51.0 Å². The number of fused-ring (bicyclic) bond motifs is 1. The highest BCUT2D eigenvalue weighted by atomic mass is 32.1. The van der Waals surface area contributed by atoms with Gasteiger partial charge in [-0.05, 0) is 80.3 Å². The summed E-state index contributed by atoms with van der Waals surface area (Å²) < 4.78 is 5.54. The first kappa shape index (κ1) is 20.5. The molecule has 1 fully saturated rings. The number of carbonyl (C=O) groups excluding carboxylic acids is 1. The van der Waals surface area contributed by atoms with Gasteiger partial charge >= 0.3 is 0 Å². The fourth-order valence-electron chi connectivity index (χ4n) is 4.81. The van der Waals surface area contributed by atoms with Crippen molar-refractivity contribution < 1.29 is 9.32 Å². The molecule has 2 aromatic heterocycles. The van der Waals surface area contributed by atoms with E-state index in [1.54, 1.807) is 17.4 Å². The average molecular weight is 436 g/mol. The van der Waals surface area contributed by atoms with E-state index >= 15 is 0 Å². The molecule has 0 spiro atoms. The summed E-state index contributed by atoms with van der Waals surface area (Å²) in [5, 5.41) is 9.27. The number of aryl methyl sites for hydroxylation is 2. The van der Waals surface area contributed by atoms with Crippen molar-refractivity contribution >= 4 is 17.2 Å². The van der Waals surface area contributed by atoms with Gasteiger partial charge in [0.05, 0.1) is 6.04 Å². The number of hydrogen-bond acceptors (Lipinski definition) is 5. The Balaban J connectivity index is 1.27. The maximum Gasteiger partial charge on any atom is 0.273 e. The van der Waals surface area contributed by atoms with Gasteiger partial charge < -0.3 is 9.84 Å².